The van der Waals surface area contributed by atoms with Gasteiger partial charge in [0.2, 0.25) is 11.8 Å². The van der Waals surface area contributed by atoms with Gasteiger partial charge in [-0.05, 0) is 87.4 Å². The molecule has 236 valence electrons. The number of halogens is 2. The van der Waals surface area contributed by atoms with Gasteiger partial charge in [0.15, 0.2) is 0 Å². The Balaban J connectivity index is 1.81. The number of anilines is 1. The summed E-state index contributed by atoms with van der Waals surface area (Å²) < 4.78 is 42.8. The Bertz CT molecular complexity index is 1730. The lowest BCUT2D eigenvalue weighted by atomic mass is 10.0. The molecule has 0 fully saturated rings. The van der Waals surface area contributed by atoms with Crippen LogP contribution in [0.25, 0.3) is 0 Å². The summed E-state index contributed by atoms with van der Waals surface area (Å²) in [7, 11) is -4.33. The molecule has 0 aromatic heterocycles. The second-order valence-electron chi connectivity index (χ2n) is 11.9. The molecule has 7 nitrogen and oxygen atoms in total. The van der Waals surface area contributed by atoms with Crippen molar-refractivity contribution in [2.75, 3.05) is 10.8 Å². The minimum atomic E-state index is -4.33. The fraction of sp³-hybridized carbons (Fsp3) is 0.257. The number of hydrogen-bond donors (Lipinski definition) is 1. The Labute approximate surface area is 269 Å². The summed E-state index contributed by atoms with van der Waals surface area (Å²) in [6.07, 6.45) is 0.185. The van der Waals surface area contributed by atoms with Crippen LogP contribution in [0.4, 0.5) is 10.1 Å². The van der Waals surface area contributed by atoms with Crippen LogP contribution in [-0.4, -0.2) is 43.3 Å². The van der Waals surface area contributed by atoms with Gasteiger partial charge in [-0.1, -0.05) is 71.8 Å². The molecule has 0 radical (unpaired) electrons. The van der Waals surface area contributed by atoms with Crippen LogP contribution in [0, 0.1) is 12.7 Å². The minimum Gasteiger partial charge on any atom is -0.350 e. The standard InChI is InChI=1S/C35H37ClFN3O4S/c1-25-13-17-30(18-14-25)40(45(43,44)31-19-15-29(37)16-20-31)24-33(41)39(23-27-11-8-12-28(36)21-27)32(34(42)38-35(2,3)4)22-26-9-6-5-7-10-26/h5-21,32H,22-24H2,1-4H3,(H,38,42)/t32-/m0/s1. The summed E-state index contributed by atoms with van der Waals surface area (Å²) in [6.45, 7) is 6.79. The minimum absolute atomic E-state index is 0.00715. The highest BCUT2D eigenvalue weighted by Crippen LogP contribution is 2.26. The normalized spacial score (nSPS) is 12.3. The number of carbonyl (C=O) groups is 2. The van der Waals surface area contributed by atoms with Crippen molar-refractivity contribution in [3.05, 3.63) is 131 Å². The summed E-state index contributed by atoms with van der Waals surface area (Å²) >= 11 is 6.29. The van der Waals surface area contributed by atoms with Gasteiger partial charge in [0.25, 0.3) is 10.0 Å². The molecule has 0 aliphatic carbocycles. The summed E-state index contributed by atoms with van der Waals surface area (Å²) in [5, 5.41) is 3.46. The predicted octanol–water partition coefficient (Wildman–Crippen LogP) is 6.54. The van der Waals surface area contributed by atoms with Gasteiger partial charge in [-0.25, -0.2) is 12.8 Å². The van der Waals surface area contributed by atoms with Gasteiger partial charge >= 0.3 is 0 Å². The van der Waals surface area contributed by atoms with Crippen LogP contribution in [0.3, 0.4) is 0 Å². The van der Waals surface area contributed by atoms with Crippen LogP contribution >= 0.6 is 11.6 Å². The number of rotatable bonds is 11. The zero-order valence-corrected chi connectivity index (χ0v) is 27.3. The largest absolute Gasteiger partial charge is 0.350 e. The summed E-state index contributed by atoms with van der Waals surface area (Å²) in [5.74, 6) is -1.58. The molecule has 10 heteroatoms. The van der Waals surface area contributed by atoms with Crippen molar-refractivity contribution in [2.24, 2.45) is 0 Å². The van der Waals surface area contributed by atoms with Crippen LogP contribution in [0.15, 0.2) is 108 Å². The Morgan fingerprint density at radius 1 is 0.867 bits per heavy atom. The maximum absolute atomic E-state index is 14.5. The molecule has 4 aromatic rings. The first-order chi connectivity index (χ1) is 21.2. The van der Waals surface area contributed by atoms with E-state index in [0.29, 0.717) is 10.6 Å². The smallest absolute Gasteiger partial charge is 0.264 e. The topological polar surface area (TPSA) is 86.8 Å². The third kappa shape index (κ3) is 9.15. The monoisotopic (exact) mass is 649 g/mol. The van der Waals surface area contributed by atoms with Crippen molar-refractivity contribution < 1.29 is 22.4 Å². The Morgan fingerprint density at radius 2 is 1.49 bits per heavy atom. The molecule has 0 aliphatic rings. The van der Waals surface area contributed by atoms with Crippen LogP contribution in [0.1, 0.15) is 37.5 Å². The van der Waals surface area contributed by atoms with Crippen LogP contribution in [0.2, 0.25) is 5.02 Å². The van der Waals surface area contributed by atoms with Crippen molar-refractivity contribution in [1.82, 2.24) is 10.2 Å². The Morgan fingerprint density at radius 3 is 2.09 bits per heavy atom. The predicted molar refractivity (Wildman–Crippen MR) is 176 cm³/mol. The van der Waals surface area contributed by atoms with E-state index in [1.54, 1.807) is 48.5 Å². The molecule has 0 saturated heterocycles. The SMILES string of the molecule is Cc1ccc(N(CC(=O)N(Cc2cccc(Cl)c2)[C@@H](Cc2ccccc2)C(=O)NC(C)(C)C)S(=O)(=O)c2ccc(F)cc2)cc1. The average Bonchev–Trinajstić information content (AvgIpc) is 2.98. The lowest BCUT2D eigenvalue weighted by Gasteiger charge is -2.35. The van der Waals surface area contributed by atoms with E-state index >= 15 is 0 Å². The molecule has 0 bridgehead atoms. The molecule has 0 aliphatic heterocycles. The molecule has 45 heavy (non-hydrogen) atoms. The molecule has 0 spiro atoms. The van der Waals surface area contributed by atoms with Gasteiger partial charge in [0, 0.05) is 23.5 Å². The molecule has 4 rings (SSSR count). The number of carbonyl (C=O) groups excluding carboxylic acids is 2. The number of nitrogens with zero attached hydrogens (tertiary/aromatic N) is 2. The van der Waals surface area contributed by atoms with E-state index in [1.807, 2.05) is 58.0 Å². The lowest BCUT2D eigenvalue weighted by Crippen LogP contribution is -2.56. The second kappa shape index (κ2) is 14.3. The number of hydrogen-bond acceptors (Lipinski definition) is 4. The van der Waals surface area contributed by atoms with Gasteiger partial charge in [-0.3, -0.25) is 13.9 Å². The van der Waals surface area contributed by atoms with E-state index in [9.17, 15) is 22.4 Å². The number of benzene rings is 4. The third-order valence-electron chi connectivity index (χ3n) is 7.01. The van der Waals surface area contributed by atoms with Crippen molar-refractivity contribution in [3.63, 3.8) is 0 Å². The van der Waals surface area contributed by atoms with E-state index in [0.717, 1.165) is 39.7 Å². The maximum Gasteiger partial charge on any atom is 0.264 e. The summed E-state index contributed by atoms with van der Waals surface area (Å²) in [6, 6.07) is 26.4. The molecular weight excluding hydrogens is 613 g/mol. The van der Waals surface area contributed by atoms with Crippen LogP contribution in [-0.2, 0) is 32.6 Å². The highest BCUT2D eigenvalue weighted by molar-refractivity contribution is 7.92. The van der Waals surface area contributed by atoms with E-state index in [4.69, 9.17) is 11.6 Å². The molecule has 1 atom stereocenters. The molecular formula is C35H37ClFN3O4S. The third-order valence-corrected chi connectivity index (χ3v) is 9.04. The van der Waals surface area contributed by atoms with Crippen molar-refractivity contribution >= 4 is 39.1 Å². The maximum atomic E-state index is 14.5. The van der Waals surface area contributed by atoms with Gasteiger partial charge in [0.1, 0.15) is 18.4 Å². The zero-order valence-electron chi connectivity index (χ0n) is 25.7. The first-order valence-corrected chi connectivity index (χ1v) is 16.3. The molecule has 2 amide bonds. The van der Waals surface area contributed by atoms with Crippen molar-refractivity contribution in [2.45, 2.75) is 57.1 Å². The van der Waals surface area contributed by atoms with E-state index in [2.05, 4.69) is 5.32 Å². The lowest BCUT2D eigenvalue weighted by molar-refractivity contribution is -0.140. The second-order valence-corrected chi connectivity index (χ2v) is 14.2. The Kier molecular flexibility index (Phi) is 10.7. The fourth-order valence-electron chi connectivity index (χ4n) is 4.81. The number of nitrogens with one attached hydrogen (secondary N) is 1. The number of aryl methyl sites for hydroxylation is 1. The molecule has 4 aromatic carbocycles. The van der Waals surface area contributed by atoms with Gasteiger partial charge < -0.3 is 10.2 Å². The average molecular weight is 650 g/mol. The molecule has 0 heterocycles. The van der Waals surface area contributed by atoms with Crippen molar-refractivity contribution in [3.8, 4) is 0 Å². The fourth-order valence-corrected chi connectivity index (χ4v) is 6.44. The Hall–Kier alpha value is -4.21. The van der Waals surface area contributed by atoms with Crippen LogP contribution < -0.4 is 9.62 Å². The summed E-state index contributed by atoms with van der Waals surface area (Å²) in [4.78, 5) is 29.6. The van der Waals surface area contributed by atoms with Gasteiger partial charge in [0.05, 0.1) is 10.6 Å². The van der Waals surface area contributed by atoms with E-state index in [1.165, 1.54) is 4.90 Å². The van der Waals surface area contributed by atoms with Crippen molar-refractivity contribution in [1.29, 1.82) is 0 Å². The number of amides is 2. The molecule has 1 N–H and O–H groups in total. The molecule has 0 unspecified atom stereocenters. The summed E-state index contributed by atoms with van der Waals surface area (Å²) in [5.41, 5.74) is 2.04. The molecule has 0 saturated carbocycles. The highest BCUT2D eigenvalue weighted by Gasteiger charge is 2.35. The number of sulfonamides is 1. The van der Waals surface area contributed by atoms with E-state index < -0.39 is 39.9 Å². The first-order valence-electron chi connectivity index (χ1n) is 14.5. The van der Waals surface area contributed by atoms with Gasteiger partial charge in [-0.15, -0.1) is 0 Å². The first kappa shape index (κ1) is 33.7. The quantitative estimate of drug-likeness (QED) is 0.200. The highest BCUT2D eigenvalue weighted by atomic mass is 35.5. The van der Waals surface area contributed by atoms with E-state index in [-0.39, 0.29) is 29.5 Å². The van der Waals surface area contributed by atoms with Crippen LogP contribution in [0.5, 0.6) is 0 Å². The van der Waals surface area contributed by atoms with Gasteiger partial charge in [-0.2, -0.15) is 0 Å². The zero-order chi connectivity index (χ0) is 32.8.